The molecule has 1 N–H and O–H groups in total. The van der Waals surface area contributed by atoms with Crippen molar-refractivity contribution >= 4 is 5.97 Å². The number of aromatic carboxylic acids is 1. The molecule has 0 fully saturated rings. The second-order valence-electron chi connectivity index (χ2n) is 4.00. The zero-order chi connectivity index (χ0) is 14.4. The molecule has 0 atom stereocenters. The van der Waals surface area contributed by atoms with Gasteiger partial charge >= 0.3 is 5.97 Å². The summed E-state index contributed by atoms with van der Waals surface area (Å²) in [6.07, 6.45) is 3.50. The Kier molecular flexibility index (Phi) is 4.62. The van der Waals surface area contributed by atoms with E-state index in [0.29, 0.717) is 12.4 Å². The number of ether oxygens (including phenoxy) is 2. The first-order chi connectivity index (χ1) is 9.70. The molecule has 6 heteroatoms. The molecule has 2 aromatic rings. The van der Waals surface area contributed by atoms with Crippen LogP contribution in [0.4, 0.5) is 0 Å². The summed E-state index contributed by atoms with van der Waals surface area (Å²) in [7, 11) is 1.65. The molecule has 6 nitrogen and oxygen atoms in total. The van der Waals surface area contributed by atoms with E-state index in [1.807, 2.05) is 12.1 Å². The van der Waals surface area contributed by atoms with Crippen LogP contribution in [0.1, 0.15) is 16.1 Å². The number of benzene rings is 1. The minimum atomic E-state index is -1.18. The maximum absolute atomic E-state index is 11.0. The summed E-state index contributed by atoms with van der Waals surface area (Å²) in [6, 6.07) is 7.30. The summed E-state index contributed by atoms with van der Waals surface area (Å²) in [5, 5.41) is 8.99. The lowest BCUT2D eigenvalue weighted by molar-refractivity contribution is 0.0686. The van der Waals surface area contributed by atoms with Gasteiger partial charge in [-0.05, 0) is 24.1 Å². The second-order valence-corrected chi connectivity index (χ2v) is 4.00. The van der Waals surface area contributed by atoms with Gasteiger partial charge < -0.3 is 14.6 Å². The first kappa shape index (κ1) is 14.0. The van der Waals surface area contributed by atoms with Crippen LogP contribution < -0.4 is 4.74 Å². The molecule has 0 aliphatic rings. The number of rotatable bonds is 6. The van der Waals surface area contributed by atoms with Gasteiger partial charge in [0.1, 0.15) is 5.75 Å². The molecule has 0 saturated carbocycles. The summed E-state index contributed by atoms with van der Waals surface area (Å²) in [6.45, 7) is 0.646. The zero-order valence-electron chi connectivity index (χ0n) is 10.9. The van der Waals surface area contributed by atoms with Gasteiger partial charge in [-0.25, -0.2) is 14.8 Å². The molecule has 1 heterocycles. The number of hydrogen-bond donors (Lipinski definition) is 1. The van der Waals surface area contributed by atoms with E-state index in [1.54, 1.807) is 19.2 Å². The molecule has 2 rings (SSSR count). The smallest absolute Gasteiger partial charge is 0.360 e. The van der Waals surface area contributed by atoms with E-state index >= 15 is 0 Å². The first-order valence-corrected chi connectivity index (χ1v) is 6.00. The highest BCUT2D eigenvalue weighted by molar-refractivity contribution is 5.87. The predicted octanol–water partition coefficient (Wildman–Crippen LogP) is 2.16. The van der Waals surface area contributed by atoms with Crippen molar-refractivity contribution in [2.45, 2.75) is 6.42 Å². The first-order valence-electron chi connectivity index (χ1n) is 6.00. The SMILES string of the molecule is COCCc1ccc(Oc2nccnc2C(=O)O)cc1. The average Bonchev–Trinajstić information content (AvgIpc) is 2.47. The standard InChI is InChI=1S/C14H14N2O4/c1-19-9-6-10-2-4-11(5-3-10)20-13-12(14(17)18)15-7-8-16-13/h2-5,7-8H,6,9H2,1H3,(H,17,18). The number of carbonyl (C=O) groups is 1. The summed E-state index contributed by atoms with van der Waals surface area (Å²) in [5.41, 5.74) is 0.896. The molecule has 0 amide bonds. The van der Waals surface area contributed by atoms with Gasteiger partial charge in [0.25, 0.3) is 5.88 Å². The fraction of sp³-hybridized carbons (Fsp3) is 0.214. The van der Waals surface area contributed by atoms with E-state index in [4.69, 9.17) is 14.6 Å². The number of methoxy groups -OCH3 is 1. The fourth-order valence-electron chi connectivity index (χ4n) is 1.60. The summed E-state index contributed by atoms with van der Waals surface area (Å²) < 4.78 is 10.4. The third-order valence-corrected chi connectivity index (χ3v) is 2.60. The Balaban J connectivity index is 2.12. The van der Waals surface area contributed by atoms with Gasteiger partial charge in [0, 0.05) is 19.5 Å². The Bertz CT molecular complexity index is 584. The predicted molar refractivity (Wildman–Crippen MR) is 71.1 cm³/mol. The molecule has 0 bridgehead atoms. The van der Waals surface area contributed by atoms with Crippen LogP contribution in [0.2, 0.25) is 0 Å². The van der Waals surface area contributed by atoms with Gasteiger partial charge in [0.05, 0.1) is 6.61 Å². The van der Waals surface area contributed by atoms with Crippen LogP contribution in [0, 0.1) is 0 Å². The summed E-state index contributed by atoms with van der Waals surface area (Å²) in [4.78, 5) is 18.6. The Hall–Kier alpha value is -2.47. The average molecular weight is 274 g/mol. The van der Waals surface area contributed by atoms with Crippen LogP contribution in [-0.4, -0.2) is 34.8 Å². The van der Waals surface area contributed by atoms with Crippen molar-refractivity contribution in [2.75, 3.05) is 13.7 Å². The minimum Gasteiger partial charge on any atom is -0.476 e. The van der Waals surface area contributed by atoms with Gasteiger partial charge in [-0.1, -0.05) is 12.1 Å². The number of carboxylic acids is 1. The summed E-state index contributed by atoms with van der Waals surface area (Å²) in [5.74, 6) is -0.691. The summed E-state index contributed by atoms with van der Waals surface area (Å²) >= 11 is 0. The maximum atomic E-state index is 11.0. The highest BCUT2D eigenvalue weighted by Crippen LogP contribution is 2.22. The van der Waals surface area contributed by atoms with E-state index in [0.717, 1.165) is 12.0 Å². The topological polar surface area (TPSA) is 81.5 Å². The minimum absolute atomic E-state index is 0.0235. The Morgan fingerprint density at radius 3 is 2.55 bits per heavy atom. The van der Waals surface area contributed by atoms with Crippen LogP contribution in [0.25, 0.3) is 0 Å². The van der Waals surface area contributed by atoms with Gasteiger partial charge in [0.15, 0.2) is 0 Å². The molecular formula is C14H14N2O4. The van der Waals surface area contributed by atoms with Crippen molar-refractivity contribution in [1.29, 1.82) is 0 Å². The molecule has 0 unspecified atom stereocenters. The van der Waals surface area contributed by atoms with Crippen LogP contribution in [0.3, 0.4) is 0 Å². The van der Waals surface area contributed by atoms with Gasteiger partial charge in [-0.15, -0.1) is 0 Å². The van der Waals surface area contributed by atoms with Crippen molar-refractivity contribution in [3.05, 3.63) is 47.9 Å². The van der Waals surface area contributed by atoms with Crippen molar-refractivity contribution < 1.29 is 19.4 Å². The Morgan fingerprint density at radius 2 is 1.90 bits per heavy atom. The van der Waals surface area contributed by atoms with Crippen molar-refractivity contribution in [1.82, 2.24) is 9.97 Å². The number of aromatic nitrogens is 2. The normalized spacial score (nSPS) is 10.2. The molecule has 1 aromatic heterocycles. The van der Waals surface area contributed by atoms with Crippen LogP contribution in [0.5, 0.6) is 11.6 Å². The molecule has 104 valence electrons. The van der Waals surface area contributed by atoms with Crippen LogP contribution >= 0.6 is 0 Å². The maximum Gasteiger partial charge on any atom is 0.360 e. The van der Waals surface area contributed by atoms with Gasteiger partial charge in [0.2, 0.25) is 5.69 Å². The van der Waals surface area contributed by atoms with Crippen molar-refractivity contribution in [2.24, 2.45) is 0 Å². The molecule has 0 aliphatic carbocycles. The molecule has 1 aromatic carbocycles. The van der Waals surface area contributed by atoms with Gasteiger partial charge in [-0.3, -0.25) is 0 Å². The quantitative estimate of drug-likeness (QED) is 0.869. The fourth-order valence-corrected chi connectivity index (χ4v) is 1.60. The lowest BCUT2D eigenvalue weighted by Crippen LogP contribution is -2.04. The van der Waals surface area contributed by atoms with Gasteiger partial charge in [-0.2, -0.15) is 0 Å². The van der Waals surface area contributed by atoms with Crippen LogP contribution in [0.15, 0.2) is 36.7 Å². The highest BCUT2D eigenvalue weighted by Gasteiger charge is 2.14. The lowest BCUT2D eigenvalue weighted by atomic mass is 10.1. The van der Waals surface area contributed by atoms with Crippen molar-refractivity contribution in [3.63, 3.8) is 0 Å². The number of hydrogen-bond acceptors (Lipinski definition) is 5. The number of nitrogens with zero attached hydrogens (tertiary/aromatic N) is 2. The molecule has 0 radical (unpaired) electrons. The third kappa shape index (κ3) is 3.52. The van der Waals surface area contributed by atoms with E-state index in [1.165, 1.54) is 12.4 Å². The van der Waals surface area contributed by atoms with E-state index in [-0.39, 0.29) is 11.6 Å². The Morgan fingerprint density at radius 1 is 1.20 bits per heavy atom. The van der Waals surface area contributed by atoms with Crippen LogP contribution in [-0.2, 0) is 11.2 Å². The molecule has 0 saturated heterocycles. The van der Waals surface area contributed by atoms with E-state index in [9.17, 15) is 4.79 Å². The second kappa shape index (κ2) is 6.63. The molecule has 0 aliphatic heterocycles. The molecule has 0 spiro atoms. The van der Waals surface area contributed by atoms with E-state index < -0.39 is 5.97 Å². The zero-order valence-corrected chi connectivity index (χ0v) is 10.9. The lowest BCUT2D eigenvalue weighted by Gasteiger charge is -2.07. The highest BCUT2D eigenvalue weighted by atomic mass is 16.5. The molecule has 20 heavy (non-hydrogen) atoms. The molecular weight excluding hydrogens is 260 g/mol. The van der Waals surface area contributed by atoms with Crippen molar-refractivity contribution in [3.8, 4) is 11.6 Å². The monoisotopic (exact) mass is 274 g/mol. The number of carboxylic acid groups (broad SMARTS) is 1. The largest absolute Gasteiger partial charge is 0.476 e. The van der Waals surface area contributed by atoms with E-state index in [2.05, 4.69) is 9.97 Å². The third-order valence-electron chi connectivity index (χ3n) is 2.60. The Labute approximate surface area is 116 Å².